The topological polar surface area (TPSA) is 34.9 Å². The number of aryl methyl sites for hydroxylation is 1. The van der Waals surface area contributed by atoms with Crippen LogP contribution in [0.15, 0.2) is 47.3 Å². The van der Waals surface area contributed by atoms with Gasteiger partial charge in [-0.15, -0.1) is 0 Å². The van der Waals surface area contributed by atoms with Gasteiger partial charge in [-0.1, -0.05) is 24.3 Å². The average molecular weight is 282 g/mol. The van der Waals surface area contributed by atoms with Gasteiger partial charge in [0.15, 0.2) is 6.29 Å². The highest BCUT2D eigenvalue weighted by molar-refractivity contribution is 7.08. The summed E-state index contributed by atoms with van der Waals surface area (Å²) >= 11 is 1.60. The molecule has 0 aliphatic carbocycles. The van der Waals surface area contributed by atoms with Crippen LogP contribution in [0.5, 0.6) is 0 Å². The van der Waals surface area contributed by atoms with Gasteiger partial charge in [-0.3, -0.25) is 9.48 Å². The lowest BCUT2D eigenvalue weighted by Gasteiger charge is -2.05. The first kappa shape index (κ1) is 12.8. The fourth-order valence-electron chi connectivity index (χ4n) is 2.19. The molecule has 3 rings (SSSR count). The summed E-state index contributed by atoms with van der Waals surface area (Å²) in [6.45, 7) is 2.76. The van der Waals surface area contributed by atoms with Gasteiger partial charge in [0.05, 0.1) is 12.1 Å². The molecule has 0 bridgehead atoms. The molecule has 0 saturated carbocycles. The van der Waals surface area contributed by atoms with Crippen molar-refractivity contribution in [3.8, 4) is 11.3 Å². The van der Waals surface area contributed by atoms with Crippen LogP contribution in [-0.2, 0) is 6.54 Å². The maximum Gasteiger partial charge on any atom is 0.153 e. The largest absolute Gasteiger partial charge is 0.298 e. The molecule has 0 amide bonds. The van der Waals surface area contributed by atoms with E-state index in [2.05, 4.69) is 24.2 Å². The normalized spacial score (nSPS) is 10.7. The summed E-state index contributed by atoms with van der Waals surface area (Å²) in [5.41, 5.74) is 4.84. The van der Waals surface area contributed by atoms with Gasteiger partial charge >= 0.3 is 0 Å². The third-order valence-corrected chi connectivity index (χ3v) is 3.99. The predicted octanol–water partition coefficient (Wildman–Crippen LogP) is 3.78. The number of rotatable bonds is 4. The minimum absolute atomic E-state index is 0.636. The Kier molecular flexibility index (Phi) is 3.48. The molecule has 20 heavy (non-hydrogen) atoms. The summed E-state index contributed by atoms with van der Waals surface area (Å²) in [5, 5.41) is 8.55. The van der Waals surface area contributed by atoms with Crippen LogP contribution in [0.25, 0.3) is 11.3 Å². The van der Waals surface area contributed by atoms with E-state index in [0.717, 1.165) is 17.5 Å². The van der Waals surface area contributed by atoms with E-state index in [9.17, 15) is 4.79 Å². The van der Waals surface area contributed by atoms with Gasteiger partial charge in [-0.05, 0) is 29.5 Å². The van der Waals surface area contributed by atoms with Crippen LogP contribution < -0.4 is 0 Å². The molecule has 0 aliphatic rings. The van der Waals surface area contributed by atoms with Crippen LogP contribution >= 0.6 is 11.3 Å². The number of carbonyl (C=O) groups is 1. The lowest BCUT2D eigenvalue weighted by molar-refractivity contribution is 0.112. The smallest absolute Gasteiger partial charge is 0.153 e. The molecule has 0 unspecified atom stereocenters. The van der Waals surface area contributed by atoms with Gasteiger partial charge in [-0.25, -0.2) is 0 Å². The van der Waals surface area contributed by atoms with Crippen LogP contribution in [0, 0.1) is 6.92 Å². The molecule has 2 heterocycles. The van der Waals surface area contributed by atoms with Crippen molar-refractivity contribution in [2.75, 3.05) is 0 Å². The zero-order valence-electron chi connectivity index (χ0n) is 11.1. The van der Waals surface area contributed by atoms with Gasteiger partial charge in [0.1, 0.15) is 5.69 Å². The van der Waals surface area contributed by atoms with E-state index in [1.54, 1.807) is 11.3 Å². The van der Waals surface area contributed by atoms with Gasteiger partial charge in [-0.2, -0.15) is 16.4 Å². The molecule has 100 valence electrons. The van der Waals surface area contributed by atoms with Crippen LogP contribution in [0.4, 0.5) is 0 Å². The maximum absolute atomic E-state index is 11.2. The van der Waals surface area contributed by atoms with Crippen molar-refractivity contribution in [1.29, 1.82) is 0 Å². The first-order valence-electron chi connectivity index (χ1n) is 6.37. The molecular formula is C16H14N2OS. The molecule has 0 N–H and O–H groups in total. The summed E-state index contributed by atoms with van der Waals surface area (Å²) in [6.07, 6.45) is 2.68. The van der Waals surface area contributed by atoms with Crippen LogP contribution in [0.3, 0.4) is 0 Å². The highest BCUT2D eigenvalue weighted by atomic mass is 32.1. The van der Waals surface area contributed by atoms with Crippen molar-refractivity contribution in [2.24, 2.45) is 0 Å². The molecule has 0 saturated heterocycles. The van der Waals surface area contributed by atoms with Crippen molar-refractivity contribution in [3.63, 3.8) is 0 Å². The van der Waals surface area contributed by atoms with E-state index in [0.29, 0.717) is 12.1 Å². The summed E-state index contributed by atoms with van der Waals surface area (Å²) in [7, 11) is 0. The number of hydrogen-bond acceptors (Lipinski definition) is 3. The third-order valence-electron chi connectivity index (χ3n) is 3.31. The zero-order valence-corrected chi connectivity index (χ0v) is 11.9. The lowest BCUT2D eigenvalue weighted by atomic mass is 10.1. The molecule has 3 nitrogen and oxygen atoms in total. The summed E-state index contributed by atoms with van der Waals surface area (Å²) < 4.78 is 1.83. The van der Waals surface area contributed by atoms with Gasteiger partial charge in [0.2, 0.25) is 0 Å². The zero-order chi connectivity index (χ0) is 13.9. The fourth-order valence-corrected chi connectivity index (χ4v) is 2.83. The summed E-state index contributed by atoms with van der Waals surface area (Å²) in [5.74, 6) is 0. The van der Waals surface area contributed by atoms with E-state index in [1.807, 2.05) is 39.8 Å². The van der Waals surface area contributed by atoms with Gasteiger partial charge < -0.3 is 0 Å². The van der Waals surface area contributed by atoms with E-state index < -0.39 is 0 Å². The molecule has 1 aromatic carbocycles. The molecule has 4 heteroatoms. The monoisotopic (exact) mass is 282 g/mol. The van der Waals surface area contributed by atoms with Crippen molar-refractivity contribution < 1.29 is 4.79 Å². The van der Waals surface area contributed by atoms with Crippen LogP contribution in [-0.4, -0.2) is 16.1 Å². The number of hydrogen-bond donors (Lipinski definition) is 0. The Morgan fingerprint density at radius 3 is 2.85 bits per heavy atom. The van der Waals surface area contributed by atoms with Crippen molar-refractivity contribution in [1.82, 2.24) is 9.78 Å². The Balaban J connectivity index is 1.96. The SMILES string of the molecule is Cc1ccccc1Cn1cc(C=O)c(-c2ccsc2)n1. The molecule has 0 atom stereocenters. The molecule has 3 aromatic rings. The highest BCUT2D eigenvalue weighted by Gasteiger charge is 2.11. The van der Waals surface area contributed by atoms with Crippen molar-refractivity contribution >= 4 is 17.6 Å². The predicted molar refractivity (Wildman–Crippen MR) is 81.2 cm³/mol. The second-order valence-electron chi connectivity index (χ2n) is 4.69. The first-order valence-corrected chi connectivity index (χ1v) is 7.32. The minimum atomic E-state index is 0.636. The molecule has 0 aliphatic heterocycles. The molecule has 0 spiro atoms. The fraction of sp³-hybridized carbons (Fsp3) is 0.125. The first-order chi connectivity index (χ1) is 9.78. The maximum atomic E-state index is 11.2. The van der Waals surface area contributed by atoms with Crippen molar-refractivity contribution in [2.45, 2.75) is 13.5 Å². The Hall–Kier alpha value is -2.20. The van der Waals surface area contributed by atoms with Gasteiger partial charge in [0.25, 0.3) is 0 Å². The van der Waals surface area contributed by atoms with E-state index in [1.165, 1.54) is 11.1 Å². The van der Waals surface area contributed by atoms with Crippen LogP contribution in [0.2, 0.25) is 0 Å². The summed E-state index contributed by atoms with van der Waals surface area (Å²) in [6, 6.07) is 10.2. The third kappa shape index (κ3) is 2.42. The number of thiophene rings is 1. The highest BCUT2D eigenvalue weighted by Crippen LogP contribution is 2.23. The quantitative estimate of drug-likeness (QED) is 0.683. The average Bonchev–Trinajstić information content (AvgIpc) is 3.09. The lowest BCUT2D eigenvalue weighted by Crippen LogP contribution is -2.01. The standard InChI is InChI=1S/C16H14N2OS/c1-12-4-2-3-5-13(12)8-18-9-15(10-19)16(17-18)14-6-7-20-11-14/h2-7,9-11H,8H2,1H3. The van der Waals surface area contributed by atoms with Crippen molar-refractivity contribution in [3.05, 3.63) is 64.0 Å². The second-order valence-corrected chi connectivity index (χ2v) is 5.47. The minimum Gasteiger partial charge on any atom is -0.298 e. The molecule has 0 fully saturated rings. The second kappa shape index (κ2) is 5.43. The Bertz CT molecular complexity index is 729. The number of aromatic nitrogens is 2. The number of benzene rings is 1. The Labute approximate surface area is 121 Å². The summed E-state index contributed by atoms with van der Waals surface area (Å²) in [4.78, 5) is 11.2. The number of nitrogens with zero attached hydrogens (tertiary/aromatic N) is 2. The van der Waals surface area contributed by atoms with Crippen LogP contribution in [0.1, 0.15) is 21.5 Å². The number of carbonyl (C=O) groups excluding carboxylic acids is 1. The molecular weight excluding hydrogens is 268 g/mol. The Morgan fingerprint density at radius 1 is 1.30 bits per heavy atom. The molecule has 2 aromatic heterocycles. The van der Waals surface area contributed by atoms with E-state index in [-0.39, 0.29) is 0 Å². The van der Waals surface area contributed by atoms with E-state index >= 15 is 0 Å². The Morgan fingerprint density at radius 2 is 2.15 bits per heavy atom. The van der Waals surface area contributed by atoms with E-state index in [4.69, 9.17) is 0 Å². The number of aldehydes is 1. The van der Waals surface area contributed by atoms with Gasteiger partial charge in [0, 0.05) is 17.1 Å². The molecule has 0 radical (unpaired) electrons.